The molecule has 2 fully saturated rings. The summed E-state index contributed by atoms with van der Waals surface area (Å²) >= 11 is 20.6. The summed E-state index contributed by atoms with van der Waals surface area (Å²) in [5.41, 5.74) is 9.70. The Bertz CT molecular complexity index is 1460. The van der Waals surface area contributed by atoms with Gasteiger partial charge in [-0.1, -0.05) is 0 Å². The maximum absolute atomic E-state index is 13.1. The van der Waals surface area contributed by atoms with Crippen molar-refractivity contribution >= 4 is 99.1 Å². The quantitative estimate of drug-likeness (QED) is 0.191. The van der Waals surface area contributed by atoms with E-state index in [1.807, 2.05) is 0 Å². The summed E-state index contributed by atoms with van der Waals surface area (Å²) in [6.45, 7) is 0.152. The molecule has 19 heteroatoms. The van der Waals surface area contributed by atoms with Crippen LogP contribution in [0.2, 0.25) is 0 Å². The van der Waals surface area contributed by atoms with Gasteiger partial charge in [0.1, 0.15) is 16.9 Å². The molecule has 4 aliphatic rings. The van der Waals surface area contributed by atoms with Crippen molar-refractivity contribution in [3.63, 3.8) is 0 Å². The molecule has 1 aliphatic carbocycles. The van der Waals surface area contributed by atoms with Crippen molar-refractivity contribution < 1.29 is 19.4 Å². The smallest absolute Gasteiger partial charge is 0.267 e. The highest BCUT2D eigenvalue weighted by atomic mass is 79.9. The van der Waals surface area contributed by atoms with Gasteiger partial charge in [0, 0.05) is 24.9 Å². The minimum absolute atomic E-state index is 0.0146. The molecule has 11 N–H and O–H groups in total. The molecule has 2 aromatic rings. The highest BCUT2D eigenvalue weighted by molar-refractivity contribution is 9.13. The highest BCUT2D eigenvalue weighted by Crippen LogP contribution is 2.58. The standard InChI is InChI=1S/C22H23Br4ClN10O4/c23-7-1-9(32-13(7)25)15(38)30-3-5-6(4-31-16(39)10-2-8(24)14(26)33-10)12(27)21-11(5)22(40)18(35-20(29)37-22)41-17(21)34-19(28)36-21/h1-2,5-6,11-12,17-18,32-33,40H,3-4H2,(H,30,38)(H,31,39)(H3,28,34,36)(H3,29,35,37)/t5-,6+,11+,12-,17+,18-,21+,22-/m1/s1. The van der Waals surface area contributed by atoms with Crippen LogP contribution in [0.3, 0.4) is 0 Å². The van der Waals surface area contributed by atoms with E-state index in [-0.39, 0.29) is 36.8 Å². The van der Waals surface area contributed by atoms with Gasteiger partial charge in [-0.3, -0.25) is 9.59 Å². The Labute approximate surface area is 271 Å². The Balaban J connectivity index is 1.34. The first-order valence-electron chi connectivity index (χ1n) is 12.2. The number of nitrogens with zero attached hydrogens (tertiary/aromatic N) is 2. The number of carbonyl (C=O) groups excluding carboxylic acids is 2. The molecule has 0 aromatic carbocycles. The Kier molecular flexibility index (Phi) is 7.43. The van der Waals surface area contributed by atoms with E-state index in [0.717, 1.165) is 0 Å². The van der Waals surface area contributed by atoms with Crippen LogP contribution >= 0.6 is 75.3 Å². The van der Waals surface area contributed by atoms with Crippen molar-refractivity contribution in [2.45, 2.75) is 29.1 Å². The number of rotatable bonds is 6. The lowest BCUT2D eigenvalue weighted by Crippen LogP contribution is -2.75. The Hall–Kier alpha value is -1.83. The van der Waals surface area contributed by atoms with Crippen molar-refractivity contribution in [1.29, 1.82) is 0 Å². The molecular weight excluding hydrogens is 823 g/mol. The zero-order valence-corrected chi connectivity index (χ0v) is 27.7. The number of aromatic amines is 2. The number of alkyl halides is 1. The molecule has 2 aromatic heterocycles. The van der Waals surface area contributed by atoms with E-state index in [0.29, 0.717) is 29.5 Å². The number of guanidine groups is 2. The number of fused-ring (bicyclic) bond motifs is 2. The van der Waals surface area contributed by atoms with E-state index in [1.54, 1.807) is 12.1 Å². The first-order chi connectivity index (χ1) is 19.3. The van der Waals surface area contributed by atoms with Gasteiger partial charge in [-0.15, -0.1) is 11.6 Å². The summed E-state index contributed by atoms with van der Waals surface area (Å²) < 4.78 is 8.67. The zero-order chi connectivity index (χ0) is 29.4. The van der Waals surface area contributed by atoms with Crippen LogP contribution in [0.5, 0.6) is 0 Å². The maximum atomic E-state index is 13.1. The molecule has 220 valence electrons. The van der Waals surface area contributed by atoms with Gasteiger partial charge in [0.25, 0.3) is 11.8 Å². The lowest BCUT2D eigenvalue weighted by molar-refractivity contribution is -0.233. The molecule has 1 saturated heterocycles. The fourth-order valence-corrected chi connectivity index (χ4v) is 8.25. The minimum atomic E-state index is -1.82. The van der Waals surface area contributed by atoms with Crippen LogP contribution in [0.15, 0.2) is 40.3 Å². The number of amides is 2. The van der Waals surface area contributed by atoms with Crippen molar-refractivity contribution in [1.82, 2.24) is 31.2 Å². The second-order valence-corrected chi connectivity index (χ2v) is 14.0. The minimum Gasteiger partial charge on any atom is -0.370 e. The second kappa shape index (κ2) is 10.4. The van der Waals surface area contributed by atoms with Crippen molar-refractivity contribution in [3.8, 4) is 0 Å². The molecule has 8 atom stereocenters. The van der Waals surface area contributed by atoms with Crippen LogP contribution in [-0.4, -0.2) is 81.0 Å². The normalized spacial score (nSPS) is 35.0. The number of nitrogens with two attached hydrogens (primary N) is 2. The number of carbonyl (C=O) groups is 2. The van der Waals surface area contributed by atoms with Gasteiger partial charge >= 0.3 is 0 Å². The van der Waals surface area contributed by atoms with E-state index < -0.39 is 46.9 Å². The zero-order valence-electron chi connectivity index (χ0n) is 20.6. The van der Waals surface area contributed by atoms with Gasteiger partial charge in [0.2, 0.25) is 6.23 Å². The van der Waals surface area contributed by atoms with Crippen molar-refractivity contribution in [3.05, 3.63) is 41.7 Å². The number of aliphatic hydroxyl groups is 1. The van der Waals surface area contributed by atoms with Gasteiger partial charge in [-0.05, 0) is 81.8 Å². The van der Waals surface area contributed by atoms with Gasteiger partial charge in [-0.25, -0.2) is 9.98 Å². The van der Waals surface area contributed by atoms with E-state index >= 15 is 0 Å². The summed E-state index contributed by atoms with van der Waals surface area (Å²) in [5, 5.41) is 23.2. The van der Waals surface area contributed by atoms with Crippen LogP contribution < -0.4 is 32.7 Å². The second-order valence-electron chi connectivity index (χ2n) is 10.2. The average molecular weight is 847 g/mol. The van der Waals surface area contributed by atoms with E-state index in [1.165, 1.54) is 0 Å². The van der Waals surface area contributed by atoms with Gasteiger partial charge in [-0.2, -0.15) is 0 Å². The Morgan fingerprint density at radius 2 is 1.44 bits per heavy atom. The summed E-state index contributed by atoms with van der Waals surface area (Å²) in [4.78, 5) is 40.7. The SMILES string of the molecule is NC1=N[C@@H]2O[C@@H]3N=C(N)N[C@@]34[C@H](Cl)[C@@H](CNC(=O)c3cc(Br)c(Br)[nH]3)[C@@H](CNC(=O)c3cc(Br)c(Br)[nH]3)[C@@H]4[C@]2(O)N1. The number of nitrogens with one attached hydrogen (secondary N) is 6. The number of aromatic nitrogens is 2. The van der Waals surface area contributed by atoms with Crippen molar-refractivity contribution in [2.75, 3.05) is 13.1 Å². The number of hydrogen-bond acceptors (Lipinski definition) is 10. The maximum Gasteiger partial charge on any atom is 0.267 e. The first-order valence-corrected chi connectivity index (χ1v) is 15.8. The van der Waals surface area contributed by atoms with Crippen LogP contribution in [0.1, 0.15) is 21.0 Å². The molecule has 6 rings (SSSR count). The summed E-state index contributed by atoms with van der Waals surface area (Å²) in [7, 11) is 0. The number of H-pyrrole nitrogens is 2. The summed E-state index contributed by atoms with van der Waals surface area (Å²) in [6.07, 6.45) is -2.03. The molecule has 3 aliphatic heterocycles. The van der Waals surface area contributed by atoms with Gasteiger partial charge in [0.05, 0.1) is 23.5 Å². The molecule has 0 unspecified atom stereocenters. The largest absolute Gasteiger partial charge is 0.370 e. The van der Waals surface area contributed by atoms with Crippen molar-refractivity contribution in [2.24, 2.45) is 39.2 Å². The molecule has 1 saturated carbocycles. The molecular formula is C22H23Br4ClN10O4. The predicted molar refractivity (Wildman–Crippen MR) is 163 cm³/mol. The molecule has 5 heterocycles. The van der Waals surface area contributed by atoms with Gasteiger partial charge in [0.15, 0.2) is 23.9 Å². The van der Waals surface area contributed by atoms with Crippen LogP contribution in [0.4, 0.5) is 0 Å². The van der Waals surface area contributed by atoms with E-state index in [9.17, 15) is 14.7 Å². The third-order valence-corrected chi connectivity index (χ3v) is 12.2. The number of aliphatic imine (C=N–C) groups is 2. The third kappa shape index (κ3) is 4.60. The lowest BCUT2D eigenvalue weighted by Gasteiger charge is -2.51. The topological polar surface area (TPSA) is 220 Å². The predicted octanol–water partition coefficient (Wildman–Crippen LogP) is 0.968. The monoisotopic (exact) mass is 842 g/mol. The van der Waals surface area contributed by atoms with Crippen LogP contribution in [0, 0.1) is 17.8 Å². The Morgan fingerprint density at radius 1 is 0.927 bits per heavy atom. The lowest BCUT2D eigenvalue weighted by atomic mass is 9.71. The molecule has 41 heavy (non-hydrogen) atoms. The average Bonchev–Trinajstić information content (AvgIpc) is 3.66. The molecule has 1 spiro atoms. The fraction of sp³-hybridized carbons (Fsp3) is 0.455. The summed E-state index contributed by atoms with van der Waals surface area (Å²) in [5.74, 6) is -2.53. The molecule has 2 amide bonds. The highest BCUT2D eigenvalue weighted by Gasteiger charge is 2.76. The van der Waals surface area contributed by atoms with Gasteiger partial charge < -0.3 is 52.5 Å². The first kappa shape index (κ1) is 29.3. The van der Waals surface area contributed by atoms with Crippen LogP contribution in [0.25, 0.3) is 0 Å². The van der Waals surface area contributed by atoms with Crippen LogP contribution in [-0.2, 0) is 4.74 Å². The number of ether oxygens (including phenoxy) is 1. The van der Waals surface area contributed by atoms with E-state index in [4.69, 9.17) is 27.8 Å². The molecule has 14 nitrogen and oxygen atoms in total. The molecule has 0 bridgehead atoms. The third-order valence-electron chi connectivity index (χ3n) is 7.96. The van der Waals surface area contributed by atoms with E-state index in [2.05, 4.69) is 105 Å². The molecule has 0 radical (unpaired) electrons. The Morgan fingerprint density at radius 3 is 1.98 bits per heavy atom. The fourth-order valence-electron chi connectivity index (χ4n) is 6.36. The summed E-state index contributed by atoms with van der Waals surface area (Å²) in [6, 6.07) is 3.28. The number of hydrogen-bond donors (Lipinski definition) is 9. The number of halogens is 5.